The maximum atomic E-state index is 11.8. The van der Waals surface area contributed by atoms with Gasteiger partial charge in [0.2, 0.25) is 5.78 Å². The summed E-state index contributed by atoms with van der Waals surface area (Å²) in [6.45, 7) is 0. The van der Waals surface area contributed by atoms with Gasteiger partial charge in [-0.05, 0) is 5.56 Å². The van der Waals surface area contributed by atoms with E-state index in [0.29, 0.717) is 5.78 Å². The van der Waals surface area contributed by atoms with Crippen LogP contribution in [0.2, 0.25) is 0 Å². The Kier molecular flexibility index (Phi) is 2.04. The summed E-state index contributed by atoms with van der Waals surface area (Å²) in [5.74, 6) is 0.538. The maximum absolute atomic E-state index is 11.8. The molecule has 0 amide bonds. The highest BCUT2D eigenvalue weighted by Gasteiger charge is 2.08. The van der Waals surface area contributed by atoms with E-state index in [1.807, 2.05) is 41.9 Å². The molecule has 0 atom stereocenters. The summed E-state index contributed by atoms with van der Waals surface area (Å²) in [7, 11) is 1.87. The van der Waals surface area contributed by atoms with Crippen molar-refractivity contribution in [3.8, 4) is 11.3 Å². The summed E-state index contributed by atoms with van der Waals surface area (Å²) in [5.41, 5.74) is 1.64. The first kappa shape index (κ1) is 9.77. The normalized spacial score (nSPS) is 10.9. The lowest BCUT2D eigenvalue weighted by Crippen LogP contribution is -2.18. The molecule has 0 N–H and O–H groups in total. The molecule has 0 radical (unpaired) electrons. The van der Waals surface area contributed by atoms with Crippen LogP contribution in [0.15, 0.2) is 47.5 Å². The molecule has 0 saturated heterocycles. The molecule has 0 unspecified atom stereocenters. The topological polar surface area (TPSA) is 52.2 Å². The highest BCUT2D eigenvalue weighted by molar-refractivity contribution is 5.61. The van der Waals surface area contributed by atoms with Crippen LogP contribution in [0, 0.1) is 0 Å². The molecular weight excluding hydrogens is 216 g/mol. The standard InChI is InChI=1S/C12H10N4O/c1-15-10(9-5-3-2-4-6-9)7-11(17)16-12(15)13-8-14-16/h2-8H,1H3. The van der Waals surface area contributed by atoms with Gasteiger partial charge >= 0.3 is 0 Å². The molecule has 1 aromatic carbocycles. The first-order valence-corrected chi connectivity index (χ1v) is 5.22. The largest absolute Gasteiger partial charge is 0.313 e. The molecule has 0 aliphatic heterocycles. The second-order valence-corrected chi connectivity index (χ2v) is 3.76. The van der Waals surface area contributed by atoms with Gasteiger partial charge in [-0.25, -0.2) is 0 Å². The van der Waals surface area contributed by atoms with Crippen LogP contribution in [0.1, 0.15) is 0 Å². The lowest BCUT2D eigenvalue weighted by atomic mass is 10.1. The summed E-state index contributed by atoms with van der Waals surface area (Å²) < 4.78 is 3.14. The molecule has 0 fully saturated rings. The van der Waals surface area contributed by atoms with Gasteiger partial charge in [-0.15, -0.1) is 0 Å². The minimum Gasteiger partial charge on any atom is -0.313 e. The number of hydrogen-bond donors (Lipinski definition) is 0. The summed E-state index contributed by atoms with van der Waals surface area (Å²) in [6.07, 6.45) is 1.38. The number of nitrogens with zero attached hydrogens (tertiary/aromatic N) is 4. The molecule has 0 saturated carbocycles. The molecule has 2 heterocycles. The zero-order valence-electron chi connectivity index (χ0n) is 9.24. The molecule has 0 spiro atoms. The molecule has 0 bridgehead atoms. The summed E-state index contributed by atoms with van der Waals surface area (Å²) >= 11 is 0. The van der Waals surface area contributed by atoms with Gasteiger partial charge in [-0.1, -0.05) is 30.3 Å². The quantitative estimate of drug-likeness (QED) is 0.624. The third kappa shape index (κ3) is 1.44. The average Bonchev–Trinajstić information content (AvgIpc) is 2.85. The van der Waals surface area contributed by atoms with E-state index < -0.39 is 0 Å². The minimum atomic E-state index is -0.172. The van der Waals surface area contributed by atoms with Crippen molar-refractivity contribution in [3.63, 3.8) is 0 Å². The van der Waals surface area contributed by atoms with Gasteiger partial charge in [-0.2, -0.15) is 14.6 Å². The van der Waals surface area contributed by atoms with E-state index >= 15 is 0 Å². The molecular formula is C12H10N4O. The molecule has 84 valence electrons. The number of fused-ring (bicyclic) bond motifs is 1. The molecule has 2 aromatic heterocycles. The number of aromatic nitrogens is 4. The van der Waals surface area contributed by atoms with E-state index in [2.05, 4.69) is 10.1 Å². The Labute approximate surface area is 97.0 Å². The van der Waals surface area contributed by atoms with Gasteiger partial charge in [0.05, 0.1) is 5.69 Å². The van der Waals surface area contributed by atoms with Gasteiger partial charge in [0.25, 0.3) is 5.56 Å². The molecule has 17 heavy (non-hydrogen) atoms. The third-order valence-corrected chi connectivity index (χ3v) is 2.73. The second kappa shape index (κ2) is 3.55. The van der Waals surface area contributed by atoms with E-state index in [9.17, 15) is 4.79 Å². The molecule has 5 heteroatoms. The summed E-state index contributed by atoms with van der Waals surface area (Å²) in [6, 6.07) is 11.3. The number of rotatable bonds is 1. The van der Waals surface area contributed by atoms with E-state index in [1.54, 1.807) is 6.07 Å². The van der Waals surface area contributed by atoms with Crippen LogP contribution in [0.5, 0.6) is 0 Å². The van der Waals surface area contributed by atoms with Gasteiger partial charge in [0, 0.05) is 13.1 Å². The van der Waals surface area contributed by atoms with Gasteiger partial charge in [0.15, 0.2) is 0 Å². The van der Waals surface area contributed by atoms with Crippen molar-refractivity contribution in [3.05, 3.63) is 53.1 Å². The zero-order chi connectivity index (χ0) is 11.8. The first-order chi connectivity index (χ1) is 8.27. The van der Waals surface area contributed by atoms with Crippen molar-refractivity contribution >= 4 is 5.78 Å². The lowest BCUT2D eigenvalue weighted by molar-refractivity contribution is 0.825. The maximum Gasteiger partial charge on any atom is 0.276 e. The Morgan fingerprint density at radius 3 is 2.71 bits per heavy atom. The highest BCUT2D eigenvalue weighted by atomic mass is 16.1. The van der Waals surface area contributed by atoms with E-state index in [4.69, 9.17) is 0 Å². The highest BCUT2D eigenvalue weighted by Crippen LogP contribution is 2.17. The predicted octanol–water partition coefficient (Wildman–Crippen LogP) is 1.09. The van der Waals surface area contributed by atoms with Crippen LogP contribution in [-0.4, -0.2) is 19.2 Å². The Hall–Kier alpha value is -2.43. The van der Waals surface area contributed by atoms with Crippen LogP contribution < -0.4 is 5.56 Å². The smallest absolute Gasteiger partial charge is 0.276 e. The Bertz CT molecular complexity index is 727. The van der Waals surface area contributed by atoms with Crippen LogP contribution >= 0.6 is 0 Å². The van der Waals surface area contributed by atoms with Gasteiger partial charge in [0.1, 0.15) is 6.33 Å². The van der Waals surface area contributed by atoms with Crippen molar-refractivity contribution in [2.45, 2.75) is 0 Å². The average molecular weight is 226 g/mol. The Balaban J connectivity index is 2.38. The minimum absolute atomic E-state index is 0.172. The van der Waals surface area contributed by atoms with Crippen molar-refractivity contribution in [1.29, 1.82) is 0 Å². The van der Waals surface area contributed by atoms with Crippen LogP contribution in [-0.2, 0) is 7.05 Å². The van der Waals surface area contributed by atoms with E-state index in [1.165, 1.54) is 10.8 Å². The fourth-order valence-electron chi connectivity index (χ4n) is 1.89. The monoisotopic (exact) mass is 226 g/mol. The van der Waals surface area contributed by atoms with Crippen molar-refractivity contribution in [1.82, 2.24) is 19.2 Å². The van der Waals surface area contributed by atoms with Crippen molar-refractivity contribution in [2.75, 3.05) is 0 Å². The third-order valence-electron chi connectivity index (χ3n) is 2.73. The fraction of sp³-hybridized carbons (Fsp3) is 0.0833. The molecule has 3 aromatic rings. The fourth-order valence-corrected chi connectivity index (χ4v) is 1.89. The van der Waals surface area contributed by atoms with Crippen LogP contribution in [0.4, 0.5) is 0 Å². The summed E-state index contributed by atoms with van der Waals surface area (Å²) in [4.78, 5) is 15.9. The Morgan fingerprint density at radius 2 is 1.94 bits per heavy atom. The second-order valence-electron chi connectivity index (χ2n) is 3.76. The van der Waals surface area contributed by atoms with Crippen molar-refractivity contribution < 1.29 is 0 Å². The first-order valence-electron chi connectivity index (χ1n) is 5.22. The SMILES string of the molecule is Cn1c(-c2ccccc2)cc(=O)n2ncnc12. The Morgan fingerprint density at radius 1 is 1.18 bits per heavy atom. The van der Waals surface area contributed by atoms with Gasteiger partial charge < -0.3 is 4.57 Å². The van der Waals surface area contributed by atoms with E-state index in [0.717, 1.165) is 11.3 Å². The predicted molar refractivity (Wildman–Crippen MR) is 63.7 cm³/mol. The number of benzene rings is 1. The van der Waals surface area contributed by atoms with Gasteiger partial charge in [-0.3, -0.25) is 4.79 Å². The van der Waals surface area contributed by atoms with Crippen molar-refractivity contribution in [2.24, 2.45) is 7.05 Å². The molecule has 0 aliphatic rings. The van der Waals surface area contributed by atoms with Crippen LogP contribution in [0.25, 0.3) is 17.0 Å². The molecule has 5 nitrogen and oxygen atoms in total. The summed E-state index contributed by atoms with van der Waals surface area (Å²) in [5, 5.41) is 3.89. The van der Waals surface area contributed by atoms with Crippen LogP contribution in [0.3, 0.4) is 0 Å². The number of hydrogen-bond acceptors (Lipinski definition) is 3. The molecule has 3 rings (SSSR count). The van der Waals surface area contributed by atoms with E-state index in [-0.39, 0.29) is 5.56 Å². The zero-order valence-corrected chi connectivity index (χ0v) is 9.24. The lowest BCUT2D eigenvalue weighted by Gasteiger charge is -2.08. The molecule has 0 aliphatic carbocycles. The number of aryl methyl sites for hydroxylation is 1.